The molecule has 108 valence electrons. The zero-order chi connectivity index (χ0) is 13.5. The van der Waals surface area contributed by atoms with Gasteiger partial charge in [-0.3, -0.25) is 0 Å². The summed E-state index contributed by atoms with van der Waals surface area (Å²) in [5.74, 6) is 2.94. The van der Waals surface area contributed by atoms with Crippen LogP contribution in [0.4, 0.5) is 0 Å². The highest BCUT2D eigenvalue weighted by Crippen LogP contribution is 2.55. The SMILES string of the molecule is C[NH+](C)CCNC(=S)NC12CC3CC(CC(C3)C1)C2. The average Bonchev–Trinajstić information content (AvgIpc) is 2.25. The van der Waals surface area contributed by atoms with Crippen molar-refractivity contribution in [2.75, 3.05) is 27.2 Å². The van der Waals surface area contributed by atoms with Crippen LogP contribution in [0.25, 0.3) is 0 Å². The summed E-state index contributed by atoms with van der Waals surface area (Å²) in [6, 6.07) is 0. The van der Waals surface area contributed by atoms with Gasteiger partial charge in [0.15, 0.2) is 5.11 Å². The van der Waals surface area contributed by atoms with E-state index >= 15 is 0 Å². The molecule has 0 aliphatic heterocycles. The minimum absolute atomic E-state index is 0.351. The Balaban J connectivity index is 1.53. The summed E-state index contributed by atoms with van der Waals surface area (Å²) in [6.45, 7) is 2.09. The predicted molar refractivity (Wildman–Crippen MR) is 82.3 cm³/mol. The van der Waals surface area contributed by atoms with Crippen LogP contribution < -0.4 is 15.5 Å². The molecule has 4 rings (SSSR count). The van der Waals surface area contributed by atoms with Crippen LogP contribution in [0, 0.1) is 17.8 Å². The summed E-state index contributed by atoms with van der Waals surface area (Å²) in [7, 11) is 4.36. The summed E-state index contributed by atoms with van der Waals surface area (Å²) in [5.41, 5.74) is 0.351. The van der Waals surface area contributed by atoms with Crippen molar-refractivity contribution in [3.8, 4) is 0 Å². The summed E-state index contributed by atoms with van der Waals surface area (Å²) >= 11 is 5.51. The van der Waals surface area contributed by atoms with Gasteiger partial charge in [0.25, 0.3) is 0 Å². The summed E-state index contributed by atoms with van der Waals surface area (Å²) < 4.78 is 0. The molecule has 0 aromatic heterocycles. The van der Waals surface area contributed by atoms with Gasteiger partial charge >= 0.3 is 0 Å². The number of rotatable bonds is 4. The number of nitrogens with one attached hydrogen (secondary N) is 3. The van der Waals surface area contributed by atoms with E-state index < -0.39 is 0 Å². The fraction of sp³-hybridized carbons (Fsp3) is 0.933. The molecule has 4 bridgehead atoms. The van der Waals surface area contributed by atoms with Gasteiger partial charge in [-0.15, -0.1) is 0 Å². The van der Waals surface area contributed by atoms with Crippen molar-refractivity contribution in [3.05, 3.63) is 0 Å². The molecule has 4 saturated carbocycles. The standard InChI is InChI=1S/C15H27N3S/c1-18(2)4-3-16-14(19)17-15-8-11-5-12(9-15)7-13(6-11)10-15/h11-13H,3-10H2,1-2H3,(H2,16,17,19)/p+1. The molecule has 4 fully saturated rings. The van der Waals surface area contributed by atoms with Crippen LogP contribution >= 0.6 is 12.2 Å². The van der Waals surface area contributed by atoms with E-state index in [4.69, 9.17) is 12.2 Å². The zero-order valence-electron chi connectivity index (χ0n) is 12.3. The molecule has 0 amide bonds. The smallest absolute Gasteiger partial charge is 0.166 e. The van der Waals surface area contributed by atoms with Crippen molar-refractivity contribution in [1.82, 2.24) is 10.6 Å². The van der Waals surface area contributed by atoms with Crippen LogP contribution in [0.1, 0.15) is 38.5 Å². The second kappa shape index (κ2) is 5.21. The third-order valence-corrected chi connectivity index (χ3v) is 5.57. The lowest BCUT2D eigenvalue weighted by Gasteiger charge is -2.57. The Bertz CT molecular complexity index is 318. The van der Waals surface area contributed by atoms with Crippen LogP contribution in [0.3, 0.4) is 0 Å². The lowest BCUT2D eigenvalue weighted by Crippen LogP contribution is -3.06. The molecule has 3 N–H and O–H groups in total. The van der Waals surface area contributed by atoms with Crippen molar-refractivity contribution in [2.24, 2.45) is 17.8 Å². The Kier molecular flexibility index (Phi) is 3.73. The normalized spacial score (nSPS) is 39.6. The number of hydrogen-bond donors (Lipinski definition) is 3. The molecule has 3 nitrogen and oxygen atoms in total. The minimum Gasteiger partial charge on any atom is -0.357 e. The highest BCUT2D eigenvalue weighted by Gasteiger charge is 2.51. The van der Waals surface area contributed by atoms with Crippen molar-refractivity contribution in [3.63, 3.8) is 0 Å². The lowest BCUT2D eigenvalue weighted by molar-refractivity contribution is -0.856. The topological polar surface area (TPSA) is 28.5 Å². The van der Waals surface area contributed by atoms with Crippen LogP contribution in [-0.4, -0.2) is 37.8 Å². The molecule has 0 saturated heterocycles. The Hall–Kier alpha value is -0.350. The molecule has 0 unspecified atom stereocenters. The highest BCUT2D eigenvalue weighted by molar-refractivity contribution is 7.80. The van der Waals surface area contributed by atoms with Crippen LogP contribution in [-0.2, 0) is 0 Å². The highest BCUT2D eigenvalue weighted by atomic mass is 32.1. The van der Waals surface area contributed by atoms with Gasteiger partial charge in [0.2, 0.25) is 0 Å². The molecule has 0 spiro atoms. The molecule has 4 aliphatic carbocycles. The van der Waals surface area contributed by atoms with Crippen molar-refractivity contribution < 1.29 is 4.90 Å². The Morgan fingerprint density at radius 2 is 1.63 bits per heavy atom. The first kappa shape index (κ1) is 13.6. The van der Waals surface area contributed by atoms with Crippen molar-refractivity contribution >= 4 is 17.3 Å². The van der Waals surface area contributed by atoms with Crippen LogP contribution in [0.2, 0.25) is 0 Å². The third kappa shape index (κ3) is 3.05. The molecule has 0 heterocycles. The first-order valence-corrected chi connectivity index (χ1v) is 8.30. The summed E-state index contributed by atoms with van der Waals surface area (Å²) in [4.78, 5) is 1.46. The van der Waals surface area contributed by atoms with Crippen molar-refractivity contribution in [1.29, 1.82) is 0 Å². The van der Waals surface area contributed by atoms with Gasteiger partial charge in [-0.2, -0.15) is 0 Å². The minimum atomic E-state index is 0.351. The maximum Gasteiger partial charge on any atom is 0.166 e. The maximum absolute atomic E-state index is 5.51. The summed E-state index contributed by atoms with van der Waals surface area (Å²) in [6.07, 6.45) is 8.56. The van der Waals surface area contributed by atoms with E-state index in [2.05, 4.69) is 24.7 Å². The van der Waals surface area contributed by atoms with E-state index in [0.717, 1.165) is 36.0 Å². The first-order chi connectivity index (χ1) is 9.05. The van der Waals surface area contributed by atoms with Gasteiger partial charge in [-0.1, -0.05) is 0 Å². The first-order valence-electron chi connectivity index (χ1n) is 7.90. The monoisotopic (exact) mass is 282 g/mol. The number of quaternary nitrogens is 1. The Morgan fingerprint density at radius 1 is 1.11 bits per heavy atom. The maximum atomic E-state index is 5.51. The van der Waals surface area contributed by atoms with Gasteiger partial charge in [0.05, 0.1) is 27.2 Å². The Morgan fingerprint density at radius 3 is 2.11 bits per heavy atom. The lowest BCUT2D eigenvalue weighted by atomic mass is 9.53. The van der Waals surface area contributed by atoms with E-state index in [1.54, 1.807) is 0 Å². The van der Waals surface area contributed by atoms with E-state index in [9.17, 15) is 0 Å². The molecule has 19 heavy (non-hydrogen) atoms. The molecular formula is C15H28N3S+. The largest absolute Gasteiger partial charge is 0.357 e. The molecule has 4 aliphatic rings. The molecule has 4 heteroatoms. The van der Waals surface area contributed by atoms with Gasteiger partial charge in [-0.25, -0.2) is 0 Å². The molecule has 0 aromatic rings. The van der Waals surface area contributed by atoms with Crippen molar-refractivity contribution in [2.45, 2.75) is 44.1 Å². The number of thiocarbonyl (C=S) groups is 1. The molecule has 0 radical (unpaired) electrons. The predicted octanol–water partition coefficient (Wildman–Crippen LogP) is 0.564. The second-order valence-corrected chi connectivity index (χ2v) is 7.94. The van der Waals surface area contributed by atoms with Crippen LogP contribution in [0.15, 0.2) is 0 Å². The van der Waals surface area contributed by atoms with E-state index in [1.165, 1.54) is 43.4 Å². The Labute approximate surface area is 122 Å². The van der Waals surface area contributed by atoms with E-state index in [0.29, 0.717) is 5.54 Å². The molecule has 0 atom stereocenters. The fourth-order valence-corrected chi connectivity index (χ4v) is 5.29. The van der Waals surface area contributed by atoms with Crippen LogP contribution in [0.5, 0.6) is 0 Å². The van der Waals surface area contributed by atoms with Gasteiger partial charge in [0, 0.05) is 5.54 Å². The van der Waals surface area contributed by atoms with Gasteiger partial charge in [-0.05, 0) is 68.5 Å². The molecular weight excluding hydrogens is 254 g/mol. The number of hydrogen-bond acceptors (Lipinski definition) is 1. The van der Waals surface area contributed by atoms with E-state index in [-0.39, 0.29) is 0 Å². The average molecular weight is 282 g/mol. The van der Waals surface area contributed by atoms with Gasteiger partial charge in [0.1, 0.15) is 0 Å². The third-order valence-electron chi connectivity index (χ3n) is 5.33. The van der Waals surface area contributed by atoms with E-state index in [1.807, 2.05) is 0 Å². The zero-order valence-corrected chi connectivity index (χ0v) is 13.1. The summed E-state index contributed by atoms with van der Waals surface area (Å²) in [5, 5.41) is 7.99. The second-order valence-electron chi connectivity index (χ2n) is 7.54. The molecule has 0 aromatic carbocycles. The number of likely N-dealkylation sites (N-methyl/N-ethyl adjacent to an activating group) is 1. The quantitative estimate of drug-likeness (QED) is 0.658. The van der Waals surface area contributed by atoms with Gasteiger partial charge < -0.3 is 15.5 Å². The fourth-order valence-electron chi connectivity index (χ4n) is 4.97.